The molecule has 0 aliphatic heterocycles. The van der Waals surface area contributed by atoms with Crippen LogP contribution in [0.1, 0.15) is 10.4 Å². The summed E-state index contributed by atoms with van der Waals surface area (Å²) >= 11 is 0. The van der Waals surface area contributed by atoms with Gasteiger partial charge in [-0.2, -0.15) is 0 Å². The van der Waals surface area contributed by atoms with Gasteiger partial charge < -0.3 is 11.1 Å². The van der Waals surface area contributed by atoms with Crippen LogP contribution in [0.5, 0.6) is 0 Å². The lowest BCUT2D eigenvalue weighted by Crippen LogP contribution is -2.12. The van der Waals surface area contributed by atoms with Crippen LogP contribution in [0.4, 0.5) is 11.4 Å². The number of aromatic nitrogens is 1. The molecular weight excluding hydrogens is 322 g/mol. The fourth-order valence-electron chi connectivity index (χ4n) is 3.08. The van der Waals surface area contributed by atoms with Crippen LogP contribution in [-0.2, 0) is 0 Å². The highest BCUT2D eigenvalue weighted by Crippen LogP contribution is 2.37. The van der Waals surface area contributed by atoms with E-state index in [4.69, 9.17) is 5.73 Å². The third kappa shape index (κ3) is 2.89. The first-order chi connectivity index (χ1) is 12.7. The zero-order chi connectivity index (χ0) is 17.9. The summed E-state index contributed by atoms with van der Waals surface area (Å²) < 4.78 is 0. The summed E-state index contributed by atoms with van der Waals surface area (Å²) in [5.74, 6) is -0.459. The number of primary amides is 1. The third-order valence-corrected chi connectivity index (χ3v) is 4.30. The summed E-state index contributed by atoms with van der Waals surface area (Å²) in [6, 6.07) is 25.2. The van der Waals surface area contributed by atoms with E-state index in [9.17, 15) is 4.79 Å². The number of carbonyl (C=O) groups is 1. The number of carbonyl (C=O) groups excluding carboxylic acids is 1. The predicted molar refractivity (Wildman–Crippen MR) is 105 cm³/mol. The lowest BCUT2D eigenvalue weighted by Gasteiger charge is -2.16. The van der Waals surface area contributed by atoms with Gasteiger partial charge in [-0.05, 0) is 29.8 Å². The summed E-state index contributed by atoms with van der Waals surface area (Å²) in [7, 11) is 0. The topological polar surface area (TPSA) is 68.0 Å². The van der Waals surface area contributed by atoms with Crippen LogP contribution in [0, 0.1) is 0 Å². The first-order valence-electron chi connectivity index (χ1n) is 8.33. The van der Waals surface area contributed by atoms with E-state index >= 15 is 0 Å². The molecule has 1 heterocycles. The molecule has 26 heavy (non-hydrogen) atoms. The van der Waals surface area contributed by atoms with Crippen LogP contribution >= 0.6 is 0 Å². The van der Waals surface area contributed by atoms with E-state index < -0.39 is 5.91 Å². The molecule has 4 heteroatoms. The van der Waals surface area contributed by atoms with Crippen LogP contribution in [0.15, 0.2) is 85.1 Å². The van der Waals surface area contributed by atoms with E-state index in [-0.39, 0.29) is 0 Å². The Balaban J connectivity index is 1.98. The van der Waals surface area contributed by atoms with Gasteiger partial charge in [-0.15, -0.1) is 0 Å². The molecule has 0 aliphatic carbocycles. The van der Waals surface area contributed by atoms with Crippen molar-refractivity contribution < 1.29 is 4.79 Å². The maximum Gasteiger partial charge on any atom is 0.249 e. The minimum Gasteiger partial charge on any atom is -0.366 e. The highest BCUT2D eigenvalue weighted by Gasteiger charge is 2.16. The van der Waals surface area contributed by atoms with Crippen molar-refractivity contribution in [2.75, 3.05) is 5.32 Å². The first kappa shape index (κ1) is 15.8. The molecule has 0 unspecified atom stereocenters. The Hall–Kier alpha value is -3.66. The molecule has 0 bridgehead atoms. The number of amides is 1. The molecule has 0 saturated heterocycles. The van der Waals surface area contributed by atoms with Crippen molar-refractivity contribution in [1.82, 2.24) is 4.98 Å². The van der Waals surface area contributed by atoms with E-state index in [0.717, 1.165) is 33.4 Å². The molecule has 4 rings (SSSR count). The molecule has 3 aromatic carbocycles. The van der Waals surface area contributed by atoms with Crippen LogP contribution in [0.2, 0.25) is 0 Å². The van der Waals surface area contributed by atoms with Gasteiger partial charge >= 0.3 is 0 Å². The molecule has 3 N–H and O–H groups in total. The lowest BCUT2D eigenvalue weighted by atomic mass is 9.97. The number of nitrogens with one attached hydrogen (secondary N) is 1. The fraction of sp³-hybridized carbons (Fsp3) is 0. The molecule has 0 fully saturated rings. The van der Waals surface area contributed by atoms with Gasteiger partial charge in [0.2, 0.25) is 5.91 Å². The Bertz CT molecular complexity index is 1090. The molecule has 0 atom stereocenters. The smallest absolute Gasteiger partial charge is 0.249 e. The van der Waals surface area contributed by atoms with Crippen molar-refractivity contribution in [3.05, 3.63) is 90.6 Å². The highest BCUT2D eigenvalue weighted by molar-refractivity contribution is 6.06. The first-order valence-corrected chi connectivity index (χ1v) is 8.33. The molecule has 126 valence electrons. The summed E-state index contributed by atoms with van der Waals surface area (Å²) in [5, 5.41) is 4.47. The van der Waals surface area contributed by atoms with Gasteiger partial charge in [0.05, 0.1) is 11.2 Å². The Morgan fingerprint density at radius 2 is 1.50 bits per heavy atom. The number of nitrogens with two attached hydrogens (primary N) is 1. The number of benzene rings is 3. The van der Waals surface area contributed by atoms with Crippen LogP contribution in [0.3, 0.4) is 0 Å². The standard InChI is InChI=1S/C22H17N3O/c23-22(26)17-11-5-4-10-16(17)19-14-24-20-13-7-6-12-18(20)21(19)25-15-8-2-1-3-9-15/h1-14H,(H2,23,26)(H,24,25). The summed E-state index contributed by atoms with van der Waals surface area (Å²) in [4.78, 5) is 16.5. The molecule has 4 nitrogen and oxygen atoms in total. The zero-order valence-electron chi connectivity index (χ0n) is 14.0. The molecule has 1 aromatic heterocycles. The number of hydrogen-bond acceptors (Lipinski definition) is 3. The van der Waals surface area contributed by atoms with Crippen molar-refractivity contribution in [2.24, 2.45) is 5.73 Å². The minimum absolute atomic E-state index is 0.459. The van der Waals surface area contributed by atoms with E-state index in [1.54, 1.807) is 12.3 Å². The summed E-state index contributed by atoms with van der Waals surface area (Å²) in [6.07, 6.45) is 1.79. The second-order valence-corrected chi connectivity index (χ2v) is 5.96. The molecule has 0 saturated carbocycles. The monoisotopic (exact) mass is 339 g/mol. The largest absolute Gasteiger partial charge is 0.366 e. The van der Waals surface area contributed by atoms with Crippen LogP contribution in [-0.4, -0.2) is 10.9 Å². The third-order valence-electron chi connectivity index (χ3n) is 4.30. The van der Waals surface area contributed by atoms with E-state index in [0.29, 0.717) is 5.56 Å². The maximum absolute atomic E-state index is 11.9. The quantitative estimate of drug-likeness (QED) is 0.564. The second-order valence-electron chi connectivity index (χ2n) is 5.96. The zero-order valence-corrected chi connectivity index (χ0v) is 14.0. The average Bonchev–Trinajstić information content (AvgIpc) is 2.69. The molecule has 1 amide bonds. The molecule has 0 spiro atoms. The SMILES string of the molecule is NC(=O)c1ccccc1-c1cnc2ccccc2c1Nc1ccccc1. The van der Waals surface area contributed by atoms with Crippen molar-refractivity contribution in [2.45, 2.75) is 0 Å². The van der Waals surface area contributed by atoms with Gasteiger partial charge in [-0.3, -0.25) is 9.78 Å². The lowest BCUT2D eigenvalue weighted by molar-refractivity contribution is 0.100. The van der Waals surface area contributed by atoms with Crippen LogP contribution in [0.25, 0.3) is 22.0 Å². The van der Waals surface area contributed by atoms with E-state index in [1.807, 2.05) is 72.8 Å². The molecule has 0 aliphatic rings. The van der Waals surface area contributed by atoms with Gasteiger partial charge in [0.25, 0.3) is 0 Å². The number of hydrogen-bond donors (Lipinski definition) is 2. The number of rotatable bonds is 4. The summed E-state index contributed by atoms with van der Waals surface area (Å²) in [5.41, 5.74) is 10.4. The van der Waals surface area contributed by atoms with Crippen molar-refractivity contribution in [3.63, 3.8) is 0 Å². The normalized spacial score (nSPS) is 10.6. The van der Waals surface area contributed by atoms with Gasteiger partial charge in [-0.25, -0.2) is 0 Å². The summed E-state index contributed by atoms with van der Waals surface area (Å²) in [6.45, 7) is 0. The Labute approximate surface area is 151 Å². The van der Waals surface area contributed by atoms with Gasteiger partial charge in [0.15, 0.2) is 0 Å². The number of para-hydroxylation sites is 2. The molecule has 4 aromatic rings. The van der Waals surface area contributed by atoms with Crippen molar-refractivity contribution in [3.8, 4) is 11.1 Å². The fourth-order valence-corrected chi connectivity index (χ4v) is 3.08. The number of anilines is 2. The predicted octanol–water partition coefficient (Wildman–Crippen LogP) is 4.74. The Morgan fingerprint density at radius 3 is 2.31 bits per heavy atom. The second kappa shape index (κ2) is 6.69. The number of fused-ring (bicyclic) bond motifs is 1. The Kier molecular flexibility index (Phi) is 4.07. The average molecular weight is 339 g/mol. The van der Waals surface area contributed by atoms with Gasteiger partial charge in [-0.1, -0.05) is 54.6 Å². The number of nitrogens with zero attached hydrogens (tertiary/aromatic N) is 1. The molecular formula is C22H17N3O. The minimum atomic E-state index is -0.459. The molecule has 0 radical (unpaired) electrons. The number of pyridine rings is 1. The highest BCUT2D eigenvalue weighted by atomic mass is 16.1. The Morgan fingerprint density at radius 1 is 0.808 bits per heavy atom. The van der Waals surface area contributed by atoms with E-state index in [2.05, 4.69) is 10.3 Å². The van der Waals surface area contributed by atoms with Crippen molar-refractivity contribution >= 4 is 28.2 Å². The van der Waals surface area contributed by atoms with Gasteiger partial charge in [0, 0.05) is 28.4 Å². The van der Waals surface area contributed by atoms with Gasteiger partial charge in [0.1, 0.15) is 0 Å². The van der Waals surface area contributed by atoms with Crippen LogP contribution < -0.4 is 11.1 Å². The maximum atomic E-state index is 11.9. The van der Waals surface area contributed by atoms with Crippen molar-refractivity contribution in [1.29, 1.82) is 0 Å². The van der Waals surface area contributed by atoms with E-state index in [1.165, 1.54) is 0 Å².